The summed E-state index contributed by atoms with van der Waals surface area (Å²) in [6.07, 6.45) is 0. The number of nitrogens with zero attached hydrogens (tertiary/aromatic N) is 2. The summed E-state index contributed by atoms with van der Waals surface area (Å²) in [5.41, 5.74) is 12.1. The summed E-state index contributed by atoms with van der Waals surface area (Å²) in [7, 11) is 0. The SMILES string of the molecule is c1ccc(-c2ccc(-n3c4ccccc4c4cc5c(cc43)c3ccc4ccccc4c3n5-c3ccc(-c4ccccc4)cc3)cc2)cc1. The zero-order valence-corrected chi connectivity index (χ0v) is 26.2. The Morgan fingerprint density at radius 1 is 0.271 bits per heavy atom. The Hall–Kier alpha value is -6.38. The van der Waals surface area contributed by atoms with Gasteiger partial charge in [0.15, 0.2) is 0 Å². The molecule has 0 fully saturated rings. The molecule has 0 radical (unpaired) electrons. The lowest BCUT2D eigenvalue weighted by molar-refractivity contribution is 1.18. The van der Waals surface area contributed by atoms with Crippen LogP contribution in [0.1, 0.15) is 0 Å². The summed E-state index contributed by atoms with van der Waals surface area (Å²) in [6.45, 7) is 0. The van der Waals surface area contributed by atoms with Gasteiger partial charge in [-0.1, -0.05) is 140 Å². The van der Waals surface area contributed by atoms with Crippen LogP contribution in [0.15, 0.2) is 182 Å². The van der Waals surface area contributed by atoms with Gasteiger partial charge < -0.3 is 9.13 Å². The van der Waals surface area contributed by atoms with Crippen molar-refractivity contribution >= 4 is 54.4 Å². The Kier molecular flexibility index (Phi) is 5.91. The molecule has 0 atom stereocenters. The van der Waals surface area contributed by atoms with E-state index < -0.39 is 0 Å². The second-order valence-electron chi connectivity index (χ2n) is 12.6. The Bertz CT molecular complexity index is 2780. The van der Waals surface area contributed by atoms with E-state index in [1.165, 1.54) is 76.6 Å². The van der Waals surface area contributed by atoms with E-state index in [2.05, 4.69) is 191 Å². The standard InChI is InChI=1S/C46H30N2/c1-3-11-31(12-4-1)33-19-24-36(25-20-33)47-43-18-10-9-17-39(43)41-29-45-42(30-44(41)47)40-28-23-35-15-7-8-16-38(35)46(40)48(45)37-26-21-34(22-27-37)32-13-5-2-6-14-32/h1-30H. The minimum Gasteiger partial charge on any atom is -0.309 e. The van der Waals surface area contributed by atoms with Gasteiger partial charge in [0.2, 0.25) is 0 Å². The van der Waals surface area contributed by atoms with Crippen LogP contribution in [-0.2, 0) is 0 Å². The van der Waals surface area contributed by atoms with Gasteiger partial charge in [-0.25, -0.2) is 0 Å². The van der Waals surface area contributed by atoms with Crippen molar-refractivity contribution in [3.63, 3.8) is 0 Å². The average molecular weight is 611 g/mol. The summed E-state index contributed by atoms with van der Waals surface area (Å²) >= 11 is 0. The Labute approximate surface area is 278 Å². The first kappa shape index (κ1) is 26.8. The monoisotopic (exact) mass is 610 g/mol. The van der Waals surface area contributed by atoms with Gasteiger partial charge in [0.25, 0.3) is 0 Å². The molecule has 2 aromatic heterocycles. The van der Waals surface area contributed by atoms with Gasteiger partial charge in [0.05, 0.1) is 22.1 Å². The molecule has 0 unspecified atom stereocenters. The number of rotatable bonds is 4. The molecule has 0 saturated carbocycles. The van der Waals surface area contributed by atoms with E-state index >= 15 is 0 Å². The van der Waals surface area contributed by atoms with Crippen molar-refractivity contribution in [1.29, 1.82) is 0 Å². The maximum atomic E-state index is 2.47. The fraction of sp³-hybridized carbons (Fsp3) is 0. The van der Waals surface area contributed by atoms with Gasteiger partial charge in [0, 0.05) is 38.3 Å². The molecule has 10 aromatic rings. The second kappa shape index (κ2) is 10.6. The molecule has 0 bridgehead atoms. The molecule has 2 heterocycles. The van der Waals surface area contributed by atoms with Crippen LogP contribution in [0.3, 0.4) is 0 Å². The number of hydrogen-bond donors (Lipinski definition) is 0. The molecule has 8 aromatic carbocycles. The maximum Gasteiger partial charge on any atom is 0.0619 e. The number of benzene rings is 8. The average Bonchev–Trinajstić information content (AvgIpc) is 3.67. The zero-order valence-electron chi connectivity index (χ0n) is 26.2. The van der Waals surface area contributed by atoms with Crippen molar-refractivity contribution in [3.8, 4) is 33.6 Å². The van der Waals surface area contributed by atoms with Crippen molar-refractivity contribution in [2.75, 3.05) is 0 Å². The Morgan fingerprint density at radius 3 is 1.40 bits per heavy atom. The van der Waals surface area contributed by atoms with Crippen LogP contribution >= 0.6 is 0 Å². The van der Waals surface area contributed by atoms with E-state index in [9.17, 15) is 0 Å². The molecule has 0 amide bonds. The van der Waals surface area contributed by atoms with Crippen LogP contribution in [0.2, 0.25) is 0 Å². The highest BCUT2D eigenvalue weighted by Crippen LogP contribution is 2.42. The lowest BCUT2D eigenvalue weighted by Gasteiger charge is -2.11. The first-order valence-electron chi connectivity index (χ1n) is 16.5. The molecule has 10 rings (SSSR count). The smallest absolute Gasteiger partial charge is 0.0619 e. The largest absolute Gasteiger partial charge is 0.309 e. The molecule has 0 spiro atoms. The molecule has 0 saturated heterocycles. The molecule has 0 aliphatic carbocycles. The fourth-order valence-corrected chi connectivity index (χ4v) is 7.65. The van der Waals surface area contributed by atoms with Gasteiger partial charge in [-0.3, -0.25) is 0 Å². The van der Waals surface area contributed by atoms with Gasteiger partial charge in [-0.05, 0) is 70.1 Å². The van der Waals surface area contributed by atoms with E-state index in [1.54, 1.807) is 0 Å². The highest BCUT2D eigenvalue weighted by atomic mass is 15.0. The van der Waals surface area contributed by atoms with Gasteiger partial charge in [-0.2, -0.15) is 0 Å². The predicted molar refractivity (Wildman–Crippen MR) is 203 cm³/mol. The third-order valence-corrected chi connectivity index (χ3v) is 9.91. The van der Waals surface area contributed by atoms with Gasteiger partial charge in [0.1, 0.15) is 0 Å². The summed E-state index contributed by atoms with van der Waals surface area (Å²) < 4.78 is 4.90. The van der Waals surface area contributed by atoms with Crippen LogP contribution in [0.25, 0.3) is 88.0 Å². The minimum atomic E-state index is 1.16. The molecule has 0 N–H and O–H groups in total. The lowest BCUT2D eigenvalue weighted by Crippen LogP contribution is -1.95. The molecule has 0 aliphatic heterocycles. The molecule has 48 heavy (non-hydrogen) atoms. The van der Waals surface area contributed by atoms with E-state index in [0.29, 0.717) is 0 Å². The molecule has 2 nitrogen and oxygen atoms in total. The summed E-state index contributed by atoms with van der Waals surface area (Å²) in [4.78, 5) is 0. The summed E-state index contributed by atoms with van der Waals surface area (Å²) in [5.74, 6) is 0. The summed E-state index contributed by atoms with van der Waals surface area (Å²) in [6, 6.07) is 66.2. The van der Waals surface area contributed by atoms with Crippen LogP contribution in [0.4, 0.5) is 0 Å². The first-order chi connectivity index (χ1) is 23.8. The van der Waals surface area contributed by atoms with Crippen molar-refractivity contribution in [2.45, 2.75) is 0 Å². The highest BCUT2D eigenvalue weighted by molar-refractivity contribution is 6.23. The third kappa shape index (κ3) is 4.06. The number of fused-ring (bicyclic) bond motifs is 8. The second-order valence-corrected chi connectivity index (χ2v) is 12.6. The topological polar surface area (TPSA) is 9.86 Å². The van der Waals surface area contributed by atoms with Crippen LogP contribution in [0.5, 0.6) is 0 Å². The summed E-state index contributed by atoms with van der Waals surface area (Å²) in [5, 5.41) is 7.51. The maximum absolute atomic E-state index is 2.47. The number of aromatic nitrogens is 2. The third-order valence-electron chi connectivity index (χ3n) is 9.91. The zero-order chi connectivity index (χ0) is 31.6. The lowest BCUT2D eigenvalue weighted by atomic mass is 10.0. The normalized spacial score (nSPS) is 11.8. The first-order valence-corrected chi connectivity index (χ1v) is 16.5. The quantitative estimate of drug-likeness (QED) is 0.188. The van der Waals surface area contributed by atoms with E-state index in [-0.39, 0.29) is 0 Å². The van der Waals surface area contributed by atoms with E-state index in [4.69, 9.17) is 0 Å². The van der Waals surface area contributed by atoms with Crippen molar-refractivity contribution in [1.82, 2.24) is 9.13 Å². The Morgan fingerprint density at radius 2 is 0.750 bits per heavy atom. The van der Waals surface area contributed by atoms with Crippen molar-refractivity contribution in [2.24, 2.45) is 0 Å². The van der Waals surface area contributed by atoms with Crippen LogP contribution < -0.4 is 0 Å². The minimum absolute atomic E-state index is 1.16. The van der Waals surface area contributed by atoms with E-state index in [1.807, 2.05) is 0 Å². The van der Waals surface area contributed by atoms with Crippen LogP contribution in [0, 0.1) is 0 Å². The Balaban J connectivity index is 1.26. The van der Waals surface area contributed by atoms with Gasteiger partial charge >= 0.3 is 0 Å². The highest BCUT2D eigenvalue weighted by Gasteiger charge is 2.20. The number of para-hydroxylation sites is 1. The predicted octanol–water partition coefficient (Wildman–Crippen LogP) is 12.4. The molecule has 2 heteroatoms. The van der Waals surface area contributed by atoms with Crippen molar-refractivity contribution in [3.05, 3.63) is 182 Å². The van der Waals surface area contributed by atoms with Gasteiger partial charge in [-0.15, -0.1) is 0 Å². The van der Waals surface area contributed by atoms with Crippen LogP contribution in [-0.4, -0.2) is 9.13 Å². The molecular formula is C46H30N2. The fourth-order valence-electron chi connectivity index (χ4n) is 7.65. The molecule has 224 valence electrons. The van der Waals surface area contributed by atoms with Crippen molar-refractivity contribution < 1.29 is 0 Å². The number of hydrogen-bond acceptors (Lipinski definition) is 0. The molecular weight excluding hydrogens is 581 g/mol. The van der Waals surface area contributed by atoms with E-state index in [0.717, 1.165) is 11.4 Å². The molecule has 0 aliphatic rings.